The summed E-state index contributed by atoms with van der Waals surface area (Å²) >= 11 is 0. The Hall–Kier alpha value is -0.873. The predicted octanol–water partition coefficient (Wildman–Crippen LogP) is 4.23. The van der Waals surface area contributed by atoms with Gasteiger partial charge in [-0.3, -0.25) is 0 Å². The van der Waals surface area contributed by atoms with Gasteiger partial charge in [0, 0.05) is 12.0 Å². The molecule has 1 N–H and O–H groups in total. The first kappa shape index (κ1) is 18.1. The maximum absolute atomic E-state index is 10.7. The fraction of sp³-hybridized carbons (Fsp3) is 0.667. The average Bonchev–Trinajstić information content (AvgIpc) is 2.22. The van der Waals surface area contributed by atoms with Crippen LogP contribution < -0.4 is 0 Å². The molecule has 0 saturated carbocycles. The van der Waals surface area contributed by atoms with Crippen LogP contribution in [0.15, 0.2) is 24.3 Å². The minimum Gasteiger partial charge on any atom is -0.478 e. The van der Waals surface area contributed by atoms with Gasteiger partial charge < -0.3 is 9.53 Å². The van der Waals surface area contributed by atoms with Gasteiger partial charge >= 0.3 is 5.97 Å². The van der Waals surface area contributed by atoms with E-state index in [1.165, 1.54) is 6.08 Å². The van der Waals surface area contributed by atoms with Crippen molar-refractivity contribution in [3.05, 3.63) is 24.3 Å². The van der Waals surface area contributed by atoms with Crippen LogP contribution in [0.5, 0.6) is 0 Å². The van der Waals surface area contributed by atoms with E-state index < -0.39 is 14.3 Å². The fourth-order valence-corrected chi connectivity index (χ4v) is 2.79. The molecule has 0 saturated heterocycles. The van der Waals surface area contributed by atoms with Crippen LogP contribution >= 0.6 is 0 Å². The van der Waals surface area contributed by atoms with E-state index in [2.05, 4.69) is 40.4 Å². The normalized spacial score (nSPS) is 16.9. The number of hydrogen-bond acceptors (Lipinski definition) is 2. The highest BCUT2D eigenvalue weighted by Crippen LogP contribution is 2.38. The number of carbonyl (C=O) groups is 1. The molecule has 0 aliphatic rings. The quantitative estimate of drug-likeness (QED) is 0.451. The molecular formula is C15H28O3Si. The topological polar surface area (TPSA) is 46.5 Å². The summed E-state index contributed by atoms with van der Waals surface area (Å²) in [7, 11) is -1.88. The zero-order chi connectivity index (χ0) is 15.4. The lowest BCUT2D eigenvalue weighted by molar-refractivity contribution is -0.131. The monoisotopic (exact) mass is 284 g/mol. The van der Waals surface area contributed by atoms with Crippen molar-refractivity contribution in [2.75, 3.05) is 0 Å². The van der Waals surface area contributed by atoms with Crippen LogP contribution in [0, 0.1) is 5.92 Å². The third kappa shape index (κ3) is 5.33. The predicted molar refractivity (Wildman–Crippen MR) is 82.8 cm³/mol. The largest absolute Gasteiger partial charge is 0.478 e. The molecule has 110 valence electrons. The van der Waals surface area contributed by atoms with E-state index in [4.69, 9.17) is 9.53 Å². The molecule has 19 heavy (non-hydrogen) atoms. The van der Waals surface area contributed by atoms with Crippen LogP contribution in [0.3, 0.4) is 0 Å². The number of rotatable bonds is 6. The second-order valence-electron chi connectivity index (χ2n) is 6.59. The zero-order valence-corrected chi connectivity index (χ0v) is 14.3. The summed E-state index contributed by atoms with van der Waals surface area (Å²) in [6.45, 7) is 18.6. The molecule has 0 aromatic rings. The van der Waals surface area contributed by atoms with Crippen molar-refractivity contribution in [3.63, 3.8) is 0 Å². The molecule has 2 atom stereocenters. The lowest BCUT2D eigenvalue weighted by atomic mass is 9.96. The minimum absolute atomic E-state index is 0.0164. The van der Waals surface area contributed by atoms with Gasteiger partial charge in [0.15, 0.2) is 8.32 Å². The summed E-state index contributed by atoms with van der Waals surface area (Å²) in [6.07, 6.45) is 2.89. The Morgan fingerprint density at radius 3 is 2.16 bits per heavy atom. The van der Waals surface area contributed by atoms with Crippen LogP contribution in [0.25, 0.3) is 0 Å². The Morgan fingerprint density at radius 2 is 1.84 bits per heavy atom. The zero-order valence-electron chi connectivity index (χ0n) is 13.3. The van der Waals surface area contributed by atoms with E-state index in [9.17, 15) is 4.79 Å². The van der Waals surface area contributed by atoms with Crippen molar-refractivity contribution in [1.29, 1.82) is 0 Å². The Kier molecular flexibility index (Phi) is 6.23. The number of carboxylic acids is 1. The molecule has 0 radical (unpaired) electrons. The second-order valence-corrected chi connectivity index (χ2v) is 11.4. The summed E-state index contributed by atoms with van der Waals surface area (Å²) in [6, 6.07) is 0. The highest BCUT2D eigenvalue weighted by molar-refractivity contribution is 6.74. The second kappa shape index (κ2) is 6.53. The van der Waals surface area contributed by atoms with Gasteiger partial charge in [0.25, 0.3) is 0 Å². The molecule has 0 aromatic carbocycles. The molecular weight excluding hydrogens is 256 g/mol. The van der Waals surface area contributed by atoms with Crippen LogP contribution in [-0.2, 0) is 9.22 Å². The van der Waals surface area contributed by atoms with Gasteiger partial charge in [0.2, 0.25) is 0 Å². The Labute approximate surface area is 118 Å². The first-order valence-corrected chi connectivity index (χ1v) is 9.54. The van der Waals surface area contributed by atoms with Crippen molar-refractivity contribution >= 4 is 14.3 Å². The van der Waals surface area contributed by atoms with Crippen LogP contribution in [0.4, 0.5) is 0 Å². The van der Waals surface area contributed by atoms with Crippen molar-refractivity contribution < 1.29 is 14.3 Å². The summed E-state index contributed by atoms with van der Waals surface area (Å²) in [5.74, 6) is -0.901. The van der Waals surface area contributed by atoms with Crippen molar-refractivity contribution in [2.45, 2.75) is 58.9 Å². The highest BCUT2D eigenvalue weighted by atomic mass is 28.4. The van der Waals surface area contributed by atoms with E-state index in [0.29, 0.717) is 0 Å². The van der Waals surface area contributed by atoms with Gasteiger partial charge in [-0.05, 0) is 25.1 Å². The molecule has 0 fully saturated rings. The molecule has 0 aromatic heterocycles. The fourth-order valence-electron chi connectivity index (χ4n) is 1.46. The summed E-state index contributed by atoms with van der Waals surface area (Å²) in [4.78, 5) is 10.7. The smallest absolute Gasteiger partial charge is 0.328 e. The van der Waals surface area contributed by atoms with Crippen LogP contribution in [0.1, 0.15) is 34.6 Å². The third-order valence-corrected chi connectivity index (χ3v) is 8.51. The van der Waals surface area contributed by atoms with Gasteiger partial charge in [-0.1, -0.05) is 39.3 Å². The number of hydrogen-bond donors (Lipinski definition) is 1. The maximum Gasteiger partial charge on any atom is 0.328 e. The van der Waals surface area contributed by atoms with E-state index >= 15 is 0 Å². The van der Waals surface area contributed by atoms with E-state index in [1.54, 1.807) is 6.08 Å². The molecule has 0 heterocycles. The average molecular weight is 284 g/mol. The lowest BCUT2D eigenvalue weighted by Gasteiger charge is -2.40. The van der Waals surface area contributed by atoms with E-state index in [0.717, 1.165) is 5.57 Å². The molecule has 0 rings (SSSR count). The summed E-state index contributed by atoms with van der Waals surface area (Å²) in [5, 5.41) is 8.94. The Balaban J connectivity index is 5.05. The Morgan fingerprint density at radius 1 is 1.37 bits per heavy atom. The molecule has 0 aliphatic carbocycles. The standard InChI is InChI=1S/C15H28O3Si/c1-9-13(12(3)11(2)10-14(16)17)18-19(7,8)15(4,5)6/h9-10,12-13H,1H2,2-8H3,(H,16,17)/b11-10-/t12-,13+/m1/s1. The molecule has 0 bridgehead atoms. The Bertz CT molecular complexity index is 364. The molecule has 0 unspecified atom stereocenters. The molecule has 3 nitrogen and oxygen atoms in total. The SMILES string of the molecule is C=C[C@H](O[Si](C)(C)C(C)(C)C)[C@H](C)/C(C)=C\C(=O)O. The summed E-state index contributed by atoms with van der Waals surface area (Å²) in [5.41, 5.74) is 0.802. The highest BCUT2D eigenvalue weighted by Gasteiger charge is 2.39. The van der Waals surface area contributed by atoms with Crippen LogP contribution in [0.2, 0.25) is 18.1 Å². The number of carboxylic acid groups (broad SMARTS) is 1. The summed E-state index contributed by atoms with van der Waals surface area (Å²) < 4.78 is 6.30. The van der Waals surface area contributed by atoms with Crippen LogP contribution in [-0.4, -0.2) is 25.5 Å². The van der Waals surface area contributed by atoms with Gasteiger partial charge in [-0.15, -0.1) is 6.58 Å². The molecule has 0 amide bonds. The lowest BCUT2D eigenvalue weighted by Crippen LogP contribution is -2.45. The van der Waals surface area contributed by atoms with Gasteiger partial charge in [0.05, 0.1) is 6.10 Å². The minimum atomic E-state index is -1.88. The molecule has 0 aliphatic heterocycles. The van der Waals surface area contributed by atoms with E-state index in [1.807, 2.05) is 13.8 Å². The first-order chi connectivity index (χ1) is 8.42. The van der Waals surface area contributed by atoms with Crippen molar-refractivity contribution in [1.82, 2.24) is 0 Å². The van der Waals surface area contributed by atoms with E-state index in [-0.39, 0.29) is 17.1 Å². The molecule has 0 spiro atoms. The maximum atomic E-state index is 10.7. The van der Waals surface area contributed by atoms with Gasteiger partial charge in [-0.2, -0.15) is 0 Å². The molecule has 4 heteroatoms. The van der Waals surface area contributed by atoms with Gasteiger partial charge in [-0.25, -0.2) is 4.79 Å². The van der Waals surface area contributed by atoms with Gasteiger partial charge in [0.1, 0.15) is 0 Å². The third-order valence-electron chi connectivity index (χ3n) is 4.03. The number of aliphatic carboxylic acids is 1. The van der Waals surface area contributed by atoms with Crippen molar-refractivity contribution in [2.24, 2.45) is 5.92 Å². The van der Waals surface area contributed by atoms with Crippen molar-refractivity contribution in [3.8, 4) is 0 Å². The first-order valence-electron chi connectivity index (χ1n) is 6.64.